The first-order valence-corrected chi connectivity index (χ1v) is 14.9. The van der Waals surface area contributed by atoms with Crippen LogP contribution in [0.25, 0.3) is 11.4 Å². The second kappa shape index (κ2) is 15.3. The minimum absolute atomic E-state index is 0.0492. The number of aliphatic hydroxyl groups excluding tert-OH is 4. The summed E-state index contributed by atoms with van der Waals surface area (Å²) in [5.74, 6) is -2.15. The zero-order chi connectivity index (χ0) is 31.0. The van der Waals surface area contributed by atoms with Crippen LogP contribution in [0.1, 0.15) is 66.9 Å². The molecule has 42 heavy (non-hydrogen) atoms. The average Bonchev–Trinajstić information content (AvgIpc) is 3.34. The highest BCUT2D eigenvalue weighted by Gasteiger charge is 2.29. The normalized spacial score (nSPS) is 14.4. The smallest absolute Gasteiger partial charge is 0.305 e. The molecule has 4 atom stereocenters. The number of carbonyl (C=O) groups is 2. The molecule has 1 unspecified atom stereocenters. The van der Waals surface area contributed by atoms with Crippen molar-refractivity contribution in [3.8, 4) is 11.4 Å². The van der Waals surface area contributed by atoms with Gasteiger partial charge >= 0.3 is 5.97 Å². The molecule has 0 radical (unpaired) electrons. The highest BCUT2D eigenvalue weighted by atomic mass is 32.2. The SMILES string of the molecule is CSc1ccc(C(O)[C@H](CO)NC(=O)c2nc(-c3ccc(F)cc3)n(CC[C@@H](O)C[C@@H](O)CC(=O)O)c2C(C)C)cc1. The molecule has 0 aliphatic carbocycles. The number of benzene rings is 2. The quantitative estimate of drug-likeness (QED) is 0.143. The van der Waals surface area contributed by atoms with Gasteiger partial charge in [0.2, 0.25) is 0 Å². The maximum absolute atomic E-state index is 13.7. The molecule has 0 aliphatic heterocycles. The number of nitrogens with zero attached hydrogens (tertiary/aromatic N) is 2. The van der Waals surface area contributed by atoms with E-state index in [4.69, 9.17) is 5.11 Å². The van der Waals surface area contributed by atoms with Crippen LogP contribution in [0, 0.1) is 5.82 Å². The van der Waals surface area contributed by atoms with Crippen LogP contribution in [0.15, 0.2) is 53.4 Å². The van der Waals surface area contributed by atoms with E-state index in [1.807, 2.05) is 32.2 Å². The molecule has 0 bridgehead atoms. The number of carbonyl (C=O) groups excluding carboxylic acids is 1. The lowest BCUT2D eigenvalue weighted by molar-refractivity contribution is -0.139. The summed E-state index contributed by atoms with van der Waals surface area (Å²) in [6, 6.07) is 11.7. The maximum atomic E-state index is 13.7. The topological polar surface area (TPSA) is 165 Å². The Morgan fingerprint density at radius 1 is 1.02 bits per heavy atom. The first kappa shape index (κ1) is 33.2. The molecule has 1 amide bonds. The minimum atomic E-state index is -1.22. The molecule has 0 spiro atoms. The van der Waals surface area contributed by atoms with Gasteiger partial charge in [0.25, 0.3) is 5.91 Å². The third-order valence-electron chi connectivity index (χ3n) is 6.86. The van der Waals surface area contributed by atoms with E-state index >= 15 is 0 Å². The van der Waals surface area contributed by atoms with Crippen LogP contribution < -0.4 is 5.32 Å². The molecule has 6 N–H and O–H groups in total. The van der Waals surface area contributed by atoms with Crippen LogP contribution in [-0.4, -0.2) is 78.1 Å². The molecule has 12 heteroatoms. The number of halogens is 1. The average molecular weight is 604 g/mol. The fourth-order valence-electron chi connectivity index (χ4n) is 4.75. The van der Waals surface area contributed by atoms with E-state index in [1.165, 1.54) is 24.3 Å². The summed E-state index contributed by atoms with van der Waals surface area (Å²) in [5, 5.41) is 53.0. The van der Waals surface area contributed by atoms with E-state index in [0.717, 1.165) is 4.90 Å². The van der Waals surface area contributed by atoms with E-state index in [2.05, 4.69) is 10.3 Å². The Bertz CT molecular complexity index is 1330. The van der Waals surface area contributed by atoms with Gasteiger partial charge in [-0.25, -0.2) is 9.37 Å². The number of carboxylic acid groups (broad SMARTS) is 1. The lowest BCUT2D eigenvalue weighted by Gasteiger charge is -2.23. The Kier molecular flexibility index (Phi) is 12.1. The zero-order valence-electron chi connectivity index (χ0n) is 23.8. The predicted molar refractivity (Wildman–Crippen MR) is 157 cm³/mol. The van der Waals surface area contributed by atoms with Crippen LogP contribution in [0.3, 0.4) is 0 Å². The van der Waals surface area contributed by atoms with Crippen LogP contribution in [0.4, 0.5) is 4.39 Å². The number of aliphatic hydroxyl groups is 4. The number of carboxylic acids is 1. The summed E-state index contributed by atoms with van der Waals surface area (Å²) >= 11 is 1.54. The lowest BCUT2D eigenvalue weighted by atomic mass is 10.0. The zero-order valence-corrected chi connectivity index (χ0v) is 24.6. The van der Waals surface area contributed by atoms with Crippen LogP contribution in [0.5, 0.6) is 0 Å². The molecular formula is C30H38FN3O7S. The van der Waals surface area contributed by atoms with Crippen LogP contribution in [0.2, 0.25) is 0 Å². The lowest BCUT2D eigenvalue weighted by Crippen LogP contribution is -2.42. The molecule has 0 saturated carbocycles. The van der Waals surface area contributed by atoms with Crippen molar-refractivity contribution in [3.05, 3.63) is 71.3 Å². The number of thioether (sulfide) groups is 1. The van der Waals surface area contributed by atoms with Gasteiger partial charge in [0.15, 0.2) is 0 Å². The number of nitrogens with one attached hydrogen (secondary N) is 1. The first-order chi connectivity index (χ1) is 19.9. The van der Waals surface area contributed by atoms with Crippen molar-refractivity contribution in [3.63, 3.8) is 0 Å². The molecule has 1 heterocycles. The number of rotatable bonds is 15. The first-order valence-electron chi connectivity index (χ1n) is 13.6. The Morgan fingerprint density at radius 3 is 2.21 bits per heavy atom. The minimum Gasteiger partial charge on any atom is -0.481 e. The van der Waals surface area contributed by atoms with Gasteiger partial charge in [0, 0.05) is 17.0 Å². The summed E-state index contributed by atoms with van der Waals surface area (Å²) in [6.07, 6.45) is -2.05. The highest BCUT2D eigenvalue weighted by molar-refractivity contribution is 7.98. The van der Waals surface area contributed by atoms with Crippen molar-refractivity contribution >= 4 is 23.6 Å². The van der Waals surface area contributed by atoms with Gasteiger partial charge < -0.3 is 35.4 Å². The van der Waals surface area contributed by atoms with Crippen LogP contribution in [-0.2, 0) is 11.3 Å². The van der Waals surface area contributed by atoms with E-state index in [9.17, 15) is 34.4 Å². The third-order valence-corrected chi connectivity index (χ3v) is 7.61. The molecule has 3 rings (SSSR count). The molecule has 10 nitrogen and oxygen atoms in total. The summed E-state index contributed by atoms with van der Waals surface area (Å²) in [4.78, 5) is 30.1. The monoisotopic (exact) mass is 603 g/mol. The third kappa shape index (κ3) is 8.62. The van der Waals surface area contributed by atoms with Gasteiger partial charge in [-0.05, 0) is 67.0 Å². The highest BCUT2D eigenvalue weighted by Crippen LogP contribution is 2.30. The summed E-state index contributed by atoms with van der Waals surface area (Å²) < 4.78 is 15.5. The van der Waals surface area contributed by atoms with Gasteiger partial charge in [-0.15, -0.1) is 11.8 Å². The van der Waals surface area contributed by atoms with Gasteiger partial charge in [-0.1, -0.05) is 26.0 Å². The van der Waals surface area contributed by atoms with Crippen molar-refractivity contribution in [1.82, 2.24) is 14.9 Å². The molecule has 0 fully saturated rings. The number of imidazole rings is 1. The number of hydrogen-bond acceptors (Lipinski definition) is 8. The molecule has 0 saturated heterocycles. The fourth-order valence-corrected chi connectivity index (χ4v) is 5.16. The van der Waals surface area contributed by atoms with Gasteiger partial charge in [-0.2, -0.15) is 0 Å². The Hall–Kier alpha value is -3.29. The molecule has 3 aromatic rings. The number of hydrogen-bond donors (Lipinski definition) is 6. The van der Waals surface area contributed by atoms with E-state index in [1.54, 1.807) is 28.5 Å². The van der Waals surface area contributed by atoms with Crippen molar-refractivity contribution in [2.45, 2.75) is 74.8 Å². The van der Waals surface area contributed by atoms with E-state index < -0.39 is 55.1 Å². The van der Waals surface area contributed by atoms with Gasteiger partial charge in [0.05, 0.1) is 37.0 Å². The Balaban J connectivity index is 1.94. The fraction of sp³-hybridized carbons (Fsp3) is 0.433. The molecule has 2 aromatic carbocycles. The number of aromatic nitrogens is 2. The van der Waals surface area contributed by atoms with Crippen molar-refractivity contribution in [2.75, 3.05) is 12.9 Å². The summed E-state index contributed by atoms with van der Waals surface area (Å²) in [5.41, 5.74) is 1.60. The maximum Gasteiger partial charge on any atom is 0.305 e. The van der Waals surface area contributed by atoms with Gasteiger partial charge in [-0.3, -0.25) is 9.59 Å². The summed E-state index contributed by atoms with van der Waals surface area (Å²) in [7, 11) is 0. The Labute approximate surface area is 248 Å². The molecule has 228 valence electrons. The van der Waals surface area contributed by atoms with E-state index in [-0.39, 0.29) is 31.0 Å². The largest absolute Gasteiger partial charge is 0.481 e. The molecule has 0 aliphatic rings. The standard InChI is InChI=1S/C30H38FN3O7S/c1-17(2)27-26(30(41)32-24(16-35)28(40)18-6-10-23(42-3)11-7-18)33-29(19-4-8-20(31)9-5-19)34(27)13-12-21(36)14-22(37)15-25(38)39/h4-11,17,21-22,24,28,35-37,40H,12-16H2,1-3H3,(H,32,41)(H,38,39)/t21-,22-,24+,28?/m1/s1. The Morgan fingerprint density at radius 2 is 1.67 bits per heavy atom. The number of amides is 1. The molecular weight excluding hydrogens is 565 g/mol. The molecule has 1 aromatic heterocycles. The second-order valence-corrected chi connectivity index (χ2v) is 11.3. The second-order valence-electron chi connectivity index (χ2n) is 10.4. The van der Waals surface area contributed by atoms with Crippen molar-refractivity contribution in [2.24, 2.45) is 0 Å². The summed E-state index contributed by atoms with van der Waals surface area (Å²) in [6.45, 7) is 3.34. The van der Waals surface area contributed by atoms with Crippen LogP contribution >= 0.6 is 11.8 Å². The predicted octanol–water partition coefficient (Wildman–Crippen LogP) is 3.34. The van der Waals surface area contributed by atoms with E-state index in [0.29, 0.717) is 22.6 Å². The van der Waals surface area contributed by atoms with Crippen molar-refractivity contribution in [1.29, 1.82) is 0 Å². The van der Waals surface area contributed by atoms with Gasteiger partial charge in [0.1, 0.15) is 23.4 Å². The van der Waals surface area contributed by atoms with Crippen molar-refractivity contribution < 1.29 is 39.5 Å². The number of aliphatic carboxylic acids is 1.